The number of benzene rings is 1. The Hall–Kier alpha value is -2.40. The van der Waals surface area contributed by atoms with Crippen molar-refractivity contribution >= 4 is 12.0 Å². The van der Waals surface area contributed by atoms with Gasteiger partial charge in [0, 0.05) is 18.0 Å². The molecule has 0 bridgehead atoms. The van der Waals surface area contributed by atoms with E-state index in [0.29, 0.717) is 13.3 Å². The molecule has 1 aromatic carbocycles. The Balaban J connectivity index is 1.68. The monoisotopic (exact) mass is 269 g/mol. The maximum atomic E-state index is 5.79. The molecule has 5 nitrogen and oxygen atoms in total. The fourth-order valence-corrected chi connectivity index (χ4v) is 1.98. The van der Waals surface area contributed by atoms with Crippen molar-refractivity contribution in [2.24, 2.45) is 4.99 Å². The van der Waals surface area contributed by atoms with Gasteiger partial charge in [-0.15, -0.1) is 0 Å². The van der Waals surface area contributed by atoms with Crippen LogP contribution >= 0.6 is 0 Å². The minimum absolute atomic E-state index is 0.459. The summed E-state index contributed by atoms with van der Waals surface area (Å²) < 4.78 is 5.13. The molecule has 1 aromatic heterocycles. The molecule has 0 N–H and O–H groups in total. The van der Waals surface area contributed by atoms with Crippen LogP contribution in [-0.4, -0.2) is 25.0 Å². The fraction of sp³-hybridized carbons (Fsp3) is 0.200. The minimum atomic E-state index is 0.459. The van der Waals surface area contributed by atoms with Crippen molar-refractivity contribution in [1.82, 2.24) is 4.98 Å². The van der Waals surface area contributed by atoms with Gasteiger partial charge in [-0.05, 0) is 29.8 Å². The van der Waals surface area contributed by atoms with E-state index in [1.807, 2.05) is 42.6 Å². The number of hydrogen-bond donors (Lipinski definition) is 0. The Bertz CT molecular complexity index is 611. The summed E-state index contributed by atoms with van der Waals surface area (Å²) in [7, 11) is 1.65. The van der Waals surface area contributed by atoms with E-state index in [0.717, 1.165) is 22.7 Å². The summed E-state index contributed by atoms with van der Waals surface area (Å²) in [6, 6.07) is 11.6. The van der Waals surface area contributed by atoms with Gasteiger partial charge in [-0.1, -0.05) is 12.1 Å². The van der Waals surface area contributed by atoms with E-state index in [1.165, 1.54) is 0 Å². The van der Waals surface area contributed by atoms with Crippen molar-refractivity contribution < 1.29 is 9.57 Å². The highest BCUT2D eigenvalue weighted by Crippen LogP contribution is 2.20. The zero-order chi connectivity index (χ0) is 13.8. The summed E-state index contributed by atoms with van der Waals surface area (Å²) in [5, 5.41) is 1.71. The fourth-order valence-electron chi connectivity index (χ4n) is 1.98. The van der Waals surface area contributed by atoms with Gasteiger partial charge in [0.2, 0.25) is 0 Å². The van der Waals surface area contributed by atoms with E-state index in [4.69, 9.17) is 9.57 Å². The third-order valence-electron chi connectivity index (χ3n) is 3.04. The van der Waals surface area contributed by atoms with Crippen LogP contribution in [0, 0.1) is 0 Å². The first-order valence-electron chi connectivity index (χ1n) is 6.35. The van der Waals surface area contributed by atoms with Crippen LogP contribution in [0.5, 0.6) is 5.75 Å². The number of hydroxylamine groups is 1. The van der Waals surface area contributed by atoms with Gasteiger partial charge < -0.3 is 4.74 Å². The molecular formula is C15H15N3O2. The lowest BCUT2D eigenvalue weighted by molar-refractivity contribution is 0.0935. The lowest BCUT2D eigenvalue weighted by atomic mass is 10.2. The highest BCUT2D eigenvalue weighted by molar-refractivity contribution is 5.87. The average molecular weight is 269 g/mol. The molecule has 20 heavy (non-hydrogen) atoms. The molecule has 1 aliphatic heterocycles. The molecule has 1 aliphatic rings. The van der Waals surface area contributed by atoms with Crippen molar-refractivity contribution in [1.29, 1.82) is 0 Å². The molecule has 0 saturated carbocycles. The van der Waals surface area contributed by atoms with Gasteiger partial charge in [0.25, 0.3) is 0 Å². The SMILES string of the molecule is COc1ccc(CON2CN=Cc3cccnc32)cc1. The lowest BCUT2D eigenvalue weighted by Crippen LogP contribution is -2.28. The number of nitrogens with zero attached hydrogens (tertiary/aromatic N) is 3. The van der Waals surface area contributed by atoms with Crippen LogP contribution in [0.15, 0.2) is 47.6 Å². The van der Waals surface area contributed by atoms with Gasteiger partial charge in [0.15, 0.2) is 5.82 Å². The van der Waals surface area contributed by atoms with Crippen molar-refractivity contribution in [3.05, 3.63) is 53.7 Å². The smallest absolute Gasteiger partial charge is 0.163 e. The Kier molecular flexibility index (Phi) is 3.60. The number of aromatic nitrogens is 1. The third kappa shape index (κ3) is 2.62. The number of ether oxygens (including phenoxy) is 1. The lowest BCUT2D eigenvalue weighted by Gasteiger charge is -2.24. The quantitative estimate of drug-likeness (QED) is 0.855. The normalized spacial score (nSPS) is 13.2. The molecule has 3 rings (SSSR count). The topological polar surface area (TPSA) is 47.0 Å². The minimum Gasteiger partial charge on any atom is -0.497 e. The van der Waals surface area contributed by atoms with E-state index in [1.54, 1.807) is 18.4 Å². The Morgan fingerprint density at radius 2 is 2.05 bits per heavy atom. The first kappa shape index (κ1) is 12.6. The first-order valence-corrected chi connectivity index (χ1v) is 6.35. The summed E-state index contributed by atoms with van der Waals surface area (Å²) in [5.41, 5.74) is 2.03. The Labute approximate surface area is 117 Å². The summed E-state index contributed by atoms with van der Waals surface area (Å²) >= 11 is 0. The van der Waals surface area contributed by atoms with Gasteiger partial charge in [-0.2, -0.15) is 0 Å². The summed E-state index contributed by atoms with van der Waals surface area (Å²) in [4.78, 5) is 14.4. The first-order chi connectivity index (χ1) is 9.86. The molecule has 102 valence electrons. The van der Waals surface area contributed by atoms with Crippen LogP contribution in [0.4, 0.5) is 5.82 Å². The number of fused-ring (bicyclic) bond motifs is 1. The van der Waals surface area contributed by atoms with E-state index >= 15 is 0 Å². The Morgan fingerprint density at radius 3 is 2.85 bits per heavy atom. The third-order valence-corrected chi connectivity index (χ3v) is 3.04. The summed E-state index contributed by atoms with van der Waals surface area (Å²) in [6.07, 6.45) is 3.57. The predicted molar refractivity (Wildman–Crippen MR) is 77.0 cm³/mol. The molecule has 0 amide bonds. The number of pyridine rings is 1. The van der Waals surface area contributed by atoms with Crippen molar-refractivity contribution in [3.8, 4) is 5.75 Å². The largest absolute Gasteiger partial charge is 0.497 e. The maximum Gasteiger partial charge on any atom is 0.163 e. The number of methoxy groups -OCH3 is 1. The second-order valence-corrected chi connectivity index (χ2v) is 4.37. The van der Waals surface area contributed by atoms with Crippen LogP contribution in [-0.2, 0) is 11.4 Å². The van der Waals surface area contributed by atoms with Crippen LogP contribution in [0.3, 0.4) is 0 Å². The number of rotatable bonds is 4. The molecule has 0 spiro atoms. The van der Waals surface area contributed by atoms with Crippen LogP contribution in [0.25, 0.3) is 0 Å². The average Bonchev–Trinajstić information content (AvgIpc) is 2.53. The number of aliphatic imine (C=N–C) groups is 1. The van der Waals surface area contributed by atoms with Gasteiger partial charge in [-0.25, -0.2) is 10.0 Å². The van der Waals surface area contributed by atoms with Crippen LogP contribution < -0.4 is 9.80 Å². The molecule has 0 unspecified atom stereocenters. The molecule has 5 heteroatoms. The highest BCUT2D eigenvalue weighted by Gasteiger charge is 2.15. The molecule has 0 atom stereocenters. The standard InChI is InChI=1S/C15H15N3O2/c1-19-14-6-4-12(5-7-14)10-20-18-11-16-9-13-3-2-8-17-15(13)18/h2-9H,10-11H2,1H3. The summed E-state index contributed by atoms with van der Waals surface area (Å²) in [5.74, 6) is 1.64. The van der Waals surface area contributed by atoms with E-state index in [-0.39, 0.29) is 0 Å². The number of anilines is 1. The van der Waals surface area contributed by atoms with Gasteiger partial charge in [0.05, 0.1) is 7.11 Å². The zero-order valence-corrected chi connectivity index (χ0v) is 11.2. The molecule has 2 aromatic rings. The Morgan fingerprint density at radius 1 is 1.20 bits per heavy atom. The van der Waals surface area contributed by atoms with Crippen LogP contribution in [0.2, 0.25) is 0 Å². The summed E-state index contributed by atoms with van der Waals surface area (Å²) in [6.45, 7) is 0.926. The second kappa shape index (κ2) is 5.71. The van der Waals surface area contributed by atoms with Crippen LogP contribution in [0.1, 0.15) is 11.1 Å². The van der Waals surface area contributed by atoms with Gasteiger partial charge >= 0.3 is 0 Å². The van der Waals surface area contributed by atoms with Crippen molar-refractivity contribution in [2.45, 2.75) is 6.61 Å². The van der Waals surface area contributed by atoms with E-state index < -0.39 is 0 Å². The predicted octanol–water partition coefficient (Wildman–Crippen LogP) is 2.42. The van der Waals surface area contributed by atoms with Gasteiger partial charge in [0.1, 0.15) is 19.0 Å². The molecule has 0 saturated heterocycles. The maximum absolute atomic E-state index is 5.79. The molecule has 0 aliphatic carbocycles. The molecule has 0 radical (unpaired) electrons. The highest BCUT2D eigenvalue weighted by atomic mass is 16.7. The van der Waals surface area contributed by atoms with Crippen molar-refractivity contribution in [2.75, 3.05) is 18.8 Å². The van der Waals surface area contributed by atoms with E-state index in [2.05, 4.69) is 9.98 Å². The molecular weight excluding hydrogens is 254 g/mol. The zero-order valence-electron chi connectivity index (χ0n) is 11.2. The van der Waals surface area contributed by atoms with Gasteiger partial charge in [-0.3, -0.25) is 9.83 Å². The molecule has 0 fully saturated rings. The molecule has 2 heterocycles. The second-order valence-electron chi connectivity index (χ2n) is 4.37. The van der Waals surface area contributed by atoms with E-state index in [9.17, 15) is 0 Å². The number of hydrogen-bond acceptors (Lipinski definition) is 5. The van der Waals surface area contributed by atoms with Crippen molar-refractivity contribution in [3.63, 3.8) is 0 Å².